The van der Waals surface area contributed by atoms with Crippen LogP contribution in [0.3, 0.4) is 0 Å². The molecule has 0 aliphatic carbocycles. The summed E-state index contributed by atoms with van der Waals surface area (Å²) in [5.41, 5.74) is 9.11. The first kappa shape index (κ1) is 23.7. The van der Waals surface area contributed by atoms with Crippen LogP contribution in [0.15, 0.2) is 67.3 Å². The van der Waals surface area contributed by atoms with Crippen LogP contribution >= 0.6 is 0 Å². The highest BCUT2D eigenvalue weighted by molar-refractivity contribution is 5.83. The fourth-order valence-corrected chi connectivity index (χ4v) is 4.10. The van der Waals surface area contributed by atoms with Gasteiger partial charge in [-0.2, -0.15) is 0 Å². The number of aliphatic hydroxyl groups excluding tert-OH is 1. The van der Waals surface area contributed by atoms with Crippen molar-refractivity contribution in [2.45, 2.75) is 37.6 Å². The summed E-state index contributed by atoms with van der Waals surface area (Å²) in [5.74, 6) is 0.916. The monoisotopic (exact) mass is 489 g/mol. The highest BCUT2D eigenvalue weighted by atomic mass is 16.5. The highest BCUT2D eigenvalue weighted by Crippen LogP contribution is 2.31. The van der Waals surface area contributed by atoms with E-state index in [1.54, 1.807) is 4.57 Å². The molecule has 1 aliphatic rings. The van der Waals surface area contributed by atoms with Gasteiger partial charge in [0.15, 0.2) is 29.3 Å². The zero-order valence-corrected chi connectivity index (χ0v) is 19.6. The number of anilines is 1. The number of rotatable bonds is 8. The molecule has 1 amide bonds. The van der Waals surface area contributed by atoms with E-state index in [9.17, 15) is 9.90 Å². The Hall–Kier alpha value is -4.06. The predicted molar refractivity (Wildman–Crippen MR) is 132 cm³/mol. The third-order valence-electron chi connectivity index (χ3n) is 6.09. The van der Waals surface area contributed by atoms with E-state index in [2.05, 4.69) is 25.6 Å². The number of carbonyl (C=O) groups excluding carboxylic acids is 1. The summed E-state index contributed by atoms with van der Waals surface area (Å²) in [6.45, 7) is 1.01. The second-order valence-electron chi connectivity index (χ2n) is 8.45. The van der Waals surface area contributed by atoms with Crippen molar-refractivity contribution in [1.82, 2.24) is 24.8 Å². The molecule has 186 valence electrons. The number of aliphatic hydroxyl groups is 1. The van der Waals surface area contributed by atoms with Gasteiger partial charge >= 0.3 is 0 Å². The lowest BCUT2D eigenvalue weighted by Crippen LogP contribution is -2.46. The third-order valence-corrected chi connectivity index (χ3v) is 6.09. The van der Waals surface area contributed by atoms with Gasteiger partial charge in [0.25, 0.3) is 5.91 Å². The normalized spacial score (nSPS) is 21.4. The van der Waals surface area contributed by atoms with E-state index in [4.69, 9.17) is 15.2 Å². The van der Waals surface area contributed by atoms with Gasteiger partial charge in [0.2, 0.25) is 0 Å². The van der Waals surface area contributed by atoms with Crippen molar-refractivity contribution in [1.29, 1.82) is 0 Å². The topological polar surface area (TPSA) is 149 Å². The molecule has 1 saturated heterocycles. The molecule has 0 radical (unpaired) electrons. The Morgan fingerprint density at radius 1 is 1.11 bits per heavy atom. The van der Waals surface area contributed by atoms with E-state index in [-0.39, 0.29) is 0 Å². The van der Waals surface area contributed by atoms with Gasteiger partial charge in [-0.25, -0.2) is 15.0 Å². The van der Waals surface area contributed by atoms with Gasteiger partial charge in [0.05, 0.1) is 12.4 Å². The molecule has 0 unspecified atom stereocenters. The van der Waals surface area contributed by atoms with Crippen molar-refractivity contribution in [3.8, 4) is 5.75 Å². The largest absolute Gasteiger partial charge is 0.489 e. The molecule has 2 aromatic heterocycles. The number of likely N-dealkylation sites (N-methyl/N-ethyl adjacent to an activating group) is 1. The van der Waals surface area contributed by atoms with Gasteiger partial charge in [-0.1, -0.05) is 42.5 Å². The van der Waals surface area contributed by atoms with Crippen LogP contribution in [0.4, 0.5) is 5.82 Å². The molecule has 0 bridgehead atoms. The lowest BCUT2D eigenvalue weighted by Gasteiger charge is -2.16. The smallest absolute Gasteiger partial charge is 0.250 e. The Labute approximate surface area is 207 Å². The van der Waals surface area contributed by atoms with E-state index in [0.717, 1.165) is 16.9 Å². The zero-order valence-electron chi connectivity index (χ0n) is 19.6. The SMILES string of the molecule is CNC(=O)[C@H]1O[C@@H](n2cnc3c(NCc4ccc(OCc5ccccc5)cc4)ncnc32)[C@H](O)[C@@H]1N. The van der Waals surface area contributed by atoms with E-state index < -0.39 is 30.4 Å². The number of nitrogens with two attached hydrogens (primary N) is 1. The first-order valence-corrected chi connectivity index (χ1v) is 11.5. The lowest BCUT2D eigenvalue weighted by molar-refractivity contribution is -0.134. The van der Waals surface area contributed by atoms with E-state index in [1.807, 2.05) is 54.6 Å². The molecule has 4 aromatic rings. The van der Waals surface area contributed by atoms with Crippen LogP contribution in [0.2, 0.25) is 0 Å². The maximum atomic E-state index is 12.0. The van der Waals surface area contributed by atoms with Gasteiger partial charge in [0, 0.05) is 13.6 Å². The molecule has 4 atom stereocenters. The number of imidazole rings is 1. The Morgan fingerprint density at radius 3 is 2.64 bits per heavy atom. The number of benzene rings is 2. The summed E-state index contributed by atoms with van der Waals surface area (Å²) in [4.78, 5) is 25.1. The maximum Gasteiger partial charge on any atom is 0.250 e. The van der Waals surface area contributed by atoms with Gasteiger partial charge in [0.1, 0.15) is 24.8 Å². The van der Waals surface area contributed by atoms with Gasteiger partial charge in [-0.3, -0.25) is 9.36 Å². The molecule has 0 saturated carbocycles. The van der Waals surface area contributed by atoms with Crippen LogP contribution in [0.25, 0.3) is 11.2 Å². The zero-order chi connectivity index (χ0) is 25.1. The molecular formula is C25H27N7O4. The summed E-state index contributed by atoms with van der Waals surface area (Å²) in [5, 5.41) is 16.4. The Balaban J connectivity index is 1.26. The Morgan fingerprint density at radius 2 is 1.89 bits per heavy atom. The fraction of sp³-hybridized carbons (Fsp3) is 0.280. The first-order valence-electron chi connectivity index (χ1n) is 11.5. The third kappa shape index (κ3) is 4.71. The first-order chi connectivity index (χ1) is 17.5. The molecule has 3 heterocycles. The van der Waals surface area contributed by atoms with Crippen LogP contribution in [0.5, 0.6) is 5.75 Å². The molecule has 1 fully saturated rings. The number of amides is 1. The summed E-state index contributed by atoms with van der Waals surface area (Å²) >= 11 is 0. The van der Waals surface area contributed by atoms with E-state index >= 15 is 0 Å². The predicted octanol–water partition coefficient (Wildman–Crippen LogP) is 1.35. The summed E-state index contributed by atoms with van der Waals surface area (Å²) in [6.07, 6.45) is -0.0967. The molecular weight excluding hydrogens is 462 g/mol. The van der Waals surface area contributed by atoms with E-state index in [1.165, 1.54) is 19.7 Å². The van der Waals surface area contributed by atoms with Gasteiger partial charge in [-0.15, -0.1) is 0 Å². The van der Waals surface area contributed by atoms with Crippen LogP contribution < -0.4 is 21.1 Å². The molecule has 2 aromatic carbocycles. The Kier molecular flexibility index (Phi) is 6.76. The van der Waals surface area contributed by atoms with Crippen LogP contribution in [-0.2, 0) is 22.7 Å². The number of ether oxygens (including phenoxy) is 2. The molecule has 1 aliphatic heterocycles. The molecule has 36 heavy (non-hydrogen) atoms. The van der Waals surface area contributed by atoms with Crippen molar-refractivity contribution in [3.05, 3.63) is 78.4 Å². The lowest BCUT2D eigenvalue weighted by atomic mass is 10.1. The van der Waals surface area contributed by atoms with Crippen LogP contribution in [0, 0.1) is 0 Å². The minimum atomic E-state index is -1.11. The molecule has 0 spiro atoms. The van der Waals surface area contributed by atoms with Gasteiger partial charge in [-0.05, 0) is 23.3 Å². The molecule has 11 nitrogen and oxygen atoms in total. The van der Waals surface area contributed by atoms with Gasteiger partial charge < -0.3 is 30.9 Å². The van der Waals surface area contributed by atoms with E-state index in [0.29, 0.717) is 30.1 Å². The Bertz CT molecular complexity index is 1330. The summed E-state index contributed by atoms with van der Waals surface area (Å²) in [7, 11) is 1.49. The van der Waals surface area contributed by atoms with Crippen molar-refractivity contribution < 1.29 is 19.4 Å². The van der Waals surface area contributed by atoms with Crippen molar-refractivity contribution in [2.24, 2.45) is 5.73 Å². The number of aromatic nitrogens is 4. The minimum absolute atomic E-state index is 0.401. The number of nitrogens with zero attached hydrogens (tertiary/aromatic N) is 4. The minimum Gasteiger partial charge on any atom is -0.489 e. The average Bonchev–Trinajstić information content (AvgIpc) is 3.48. The van der Waals surface area contributed by atoms with Crippen molar-refractivity contribution in [2.75, 3.05) is 12.4 Å². The molecule has 5 N–H and O–H groups in total. The summed E-state index contributed by atoms with van der Waals surface area (Å²) in [6, 6.07) is 16.9. The fourth-order valence-electron chi connectivity index (χ4n) is 4.10. The number of nitrogens with one attached hydrogen (secondary N) is 2. The van der Waals surface area contributed by atoms with Crippen molar-refractivity contribution >= 4 is 22.9 Å². The second-order valence-corrected chi connectivity index (χ2v) is 8.45. The quantitative estimate of drug-likeness (QED) is 0.288. The number of carbonyl (C=O) groups is 1. The number of hydrogen-bond donors (Lipinski definition) is 4. The number of fused-ring (bicyclic) bond motifs is 1. The average molecular weight is 490 g/mol. The number of hydrogen-bond acceptors (Lipinski definition) is 9. The van der Waals surface area contributed by atoms with Crippen molar-refractivity contribution in [3.63, 3.8) is 0 Å². The highest BCUT2D eigenvalue weighted by Gasteiger charge is 2.46. The standard InChI is InChI=1S/C25H27N7O4/c1-27-24(34)21-18(26)20(33)25(36-21)32-14-31-19-22(29-13-30-23(19)32)28-11-15-7-9-17(10-8-15)35-12-16-5-3-2-4-6-16/h2-10,13-14,18,20-21,25,33H,11-12,26H2,1H3,(H,27,34)(H,28,29,30)/t18-,20+,21-,25+/m0/s1. The van der Waals surface area contributed by atoms with Crippen LogP contribution in [0.1, 0.15) is 17.4 Å². The van der Waals surface area contributed by atoms with Crippen LogP contribution in [-0.4, -0.2) is 55.8 Å². The molecule has 11 heteroatoms. The second kappa shape index (κ2) is 10.3. The molecule has 5 rings (SSSR count). The maximum absolute atomic E-state index is 12.0. The summed E-state index contributed by atoms with van der Waals surface area (Å²) < 4.78 is 13.2.